The van der Waals surface area contributed by atoms with Crippen molar-refractivity contribution in [1.82, 2.24) is 19.8 Å². The smallest absolute Gasteiger partial charge is 0.256 e. The summed E-state index contributed by atoms with van der Waals surface area (Å²) in [6.45, 7) is 5.91. The summed E-state index contributed by atoms with van der Waals surface area (Å²) in [5.41, 5.74) is 4.55. The number of nitrogens with zero attached hydrogens (tertiary/aromatic N) is 4. The van der Waals surface area contributed by atoms with Gasteiger partial charge in [-0.05, 0) is 27.0 Å². The van der Waals surface area contributed by atoms with Crippen LogP contribution in [0.3, 0.4) is 0 Å². The Morgan fingerprint density at radius 1 is 1.20 bits per heavy atom. The predicted octanol–water partition coefficient (Wildman–Crippen LogP) is 4.21. The lowest BCUT2D eigenvalue weighted by Gasteiger charge is -2.19. The van der Waals surface area contributed by atoms with Gasteiger partial charge in [0.1, 0.15) is 5.01 Å². The number of pyridine rings is 1. The average molecular weight is 423 g/mol. The Labute approximate surface area is 181 Å². The average Bonchev–Trinajstić information content (AvgIpc) is 3.33. The molecule has 0 atom stereocenters. The SMILES string of the molecule is COc1nc2c(cc1CN(C)Cc1csc(-c3ccccc3)n1)C(=O)N(C(C)C)C2. The van der Waals surface area contributed by atoms with Gasteiger partial charge in [0.25, 0.3) is 5.91 Å². The second-order valence-electron chi connectivity index (χ2n) is 7.86. The van der Waals surface area contributed by atoms with Crippen LogP contribution in [-0.4, -0.2) is 45.9 Å². The largest absolute Gasteiger partial charge is 0.481 e. The maximum atomic E-state index is 12.7. The van der Waals surface area contributed by atoms with Crippen LogP contribution in [0.25, 0.3) is 10.6 Å². The molecule has 0 saturated heterocycles. The quantitative estimate of drug-likeness (QED) is 0.571. The summed E-state index contributed by atoms with van der Waals surface area (Å²) in [5, 5.41) is 3.12. The molecule has 0 fully saturated rings. The topological polar surface area (TPSA) is 58.6 Å². The lowest BCUT2D eigenvalue weighted by Crippen LogP contribution is -2.30. The van der Waals surface area contributed by atoms with Crippen LogP contribution in [0.5, 0.6) is 5.88 Å². The Morgan fingerprint density at radius 2 is 1.97 bits per heavy atom. The first kappa shape index (κ1) is 20.5. The molecule has 1 aliphatic rings. The second-order valence-corrected chi connectivity index (χ2v) is 8.72. The van der Waals surface area contributed by atoms with Gasteiger partial charge in [0.15, 0.2) is 0 Å². The zero-order chi connectivity index (χ0) is 21.3. The Bertz CT molecular complexity index is 1050. The minimum Gasteiger partial charge on any atom is -0.481 e. The van der Waals surface area contributed by atoms with Crippen molar-refractivity contribution in [2.75, 3.05) is 14.2 Å². The van der Waals surface area contributed by atoms with E-state index in [1.807, 2.05) is 50.1 Å². The third-order valence-electron chi connectivity index (χ3n) is 5.21. The molecule has 3 heterocycles. The highest BCUT2D eigenvalue weighted by molar-refractivity contribution is 7.13. The molecule has 0 saturated carbocycles. The molecule has 4 rings (SSSR count). The van der Waals surface area contributed by atoms with Crippen molar-refractivity contribution in [3.8, 4) is 16.5 Å². The molecule has 0 spiro atoms. The number of amides is 1. The molecule has 1 aromatic carbocycles. The van der Waals surface area contributed by atoms with E-state index in [2.05, 4.69) is 27.4 Å². The van der Waals surface area contributed by atoms with Crippen molar-refractivity contribution in [2.24, 2.45) is 0 Å². The number of methoxy groups -OCH3 is 1. The van der Waals surface area contributed by atoms with Crippen LogP contribution in [0, 0.1) is 0 Å². The molecule has 30 heavy (non-hydrogen) atoms. The summed E-state index contributed by atoms with van der Waals surface area (Å²) in [7, 11) is 3.66. The highest BCUT2D eigenvalue weighted by atomic mass is 32.1. The van der Waals surface area contributed by atoms with Crippen molar-refractivity contribution < 1.29 is 9.53 Å². The van der Waals surface area contributed by atoms with Crippen molar-refractivity contribution in [3.63, 3.8) is 0 Å². The number of thiazole rings is 1. The van der Waals surface area contributed by atoms with Crippen LogP contribution in [0.15, 0.2) is 41.8 Å². The summed E-state index contributed by atoms with van der Waals surface area (Å²) in [4.78, 5) is 26.1. The van der Waals surface area contributed by atoms with E-state index in [0.29, 0.717) is 31.1 Å². The molecule has 0 aliphatic carbocycles. The molecule has 1 amide bonds. The first-order valence-corrected chi connectivity index (χ1v) is 10.9. The van der Waals surface area contributed by atoms with Crippen LogP contribution in [0.2, 0.25) is 0 Å². The number of ether oxygens (including phenoxy) is 1. The Kier molecular flexibility index (Phi) is 5.83. The zero-order valence-electron chi connectivity index (χ0n) is 17.8. The fourth-order valence-electron chi connectivity index (χ4n) is 3.69. The van der Waals surface area contributed by atoms with Crippen molar-refractivity contribution in [2.45, 2.75) is 39.5 Å². The zero-order valence-corrected chi connectivity index (χ0v) is 18.6. The van der Waals surface area contributed by atoms with Gasteiger partial charge in [0.2, 0.25) is 5.88 Å². The molecule has 156 valence electrons. The van der Waals surface area contributed by atoms with Crippen molar-refractivity contribution in [3.05, 3.63) is 64.3 Å². The molecule has 0 unspecified atom stereocenters. The summed E-state index contributed by atoms with van der Waals surface area (Å²) in [6.07, 6.45) is 0. The number of hydrogen-bond acceptors (Lipinski definition) is 6. The van der Waals surface area contributed by atoms with Crippen molar-refractivity contribution in [1.29, 1.82) is 0 Å². The number of carbonyl (C=O) groups excluding carboxylic acids is 1. The van der Waals surface area contributed by atoms with E-state index in [9.17, 15) is 4.79 Å². The lowest BCUT2D eigenvalue weighted by atomic mass is 10.1. The van der Waals surface area contributed by atoms with Gasteiger partial charge in [-0.15, -0.1) is 11.3 Å². The van der Waals surface area contributed by atoms with E-state index in [1.165, 1.54) is 0 Å². The monoisotopic (exact) mass is 422 g/mol. The van der Waals surface area contributed by atoms with E-state index >= 15 is 0 Å². The van der Waals surface area contributed by atoms with Gasteiger partial charge in [-0.2, -0.15) is 0 Å². The van der Waals surface area contributed by atoms with Crippen LogP contribution in [0.4, 0.5) is 0 Å². The third kappa shape index (κ3) is 4.08. The van der Waals surface area contributed by atoms with Gasteiger partial charge < -0.3 is 9.64 Å². The van der Waals surface area contributed by atoms with Crippen LogP contribution in [0.1, 0.15) is 41.2 Å². The van der Waals surface area contributed by atoms with Gasteiger partial charge in [-0.1, -0.05) is 30.3 Å². The van der Waals surface area contributed by atoms with E-state index in [0.717, 1.165) is 27.5 Å². The fraction of sp³-hybridized carbons (Fsp3) is 0.348. The van der Waals surface area contributed by atoms with E-state index in [4.69, 9.17) is 9.72 Å². The lowest BCUT2D eigenvalue weighted by molar-refractivity contribution is 0.0730. The summed E-state index contributed by atoms with van der Waals surface area (Å²) >= 11 is 1.65. The minimum absolute atomic E-state index is 0.0473. The van der Waals surface area contributed by atoms with Gasteiger partial charge in [-0.3, -0.25) is 9.69 Å². The molecule has 7 heteroatoms. The molecular formula is C23H26N4O2S. The van der Waals surface area contributed by atoms with E-state index in [-0.39, 0.29) is 11.9 Å². The maximum absolute atomic E-state index is 12.7. The number of benzene rings is 1. The first-order chi connectivity index (χ1) is 14.5. The predicted molar refractivity (Wildman–Crippen MR) is 119 cm³/mol. The molecule has 1 aliphatic heterocycles. The first-order valence-electron chi connectivity index (χ1n) is 10.0. The number of rotatable bonds is 7. The molecule has 0 radical (unpaired) electrons. The highest BCUT2D eigenvalue weighted by Gasteiger charge is 2.32. The van der Waals surface area contributed by atoms with Crippen LogP contribution in [-0.2, 0) is 19.6 Å². The number of fused-ring (bicyclic) bond motifs is 1. The van der Waals surface area contributed by atoms with Gasteiger partial charge in [-0.25, -0.2) is 9.97 Å². The Morgan fingerprint density at radius 3 is 2.67 bits per heavy atom. The van der Waals surface area contributed by atoms with Crippen LogP contribution >= 0.6 is 11.3 Å². The molecule has 0 N–H and O–H groups in total. The van der Waals surface area contributed by atoms with E-state index in [1.54, 1.807) is 18.4 Å². The molecule has 6 nitrogen and oxygen atoms in total. The fourth-order valence-corrected chi connectivity index (χ4v) is 4.51. The second kappa shape index (κ2) is 8.53. The molecule has 0 bridgehead atoms. The van der Waals surface area contributed by atoms with Gasteiger partial charge in [0, 0.05) is 35.6 Å². The Hall–Kier alpha value is -2.77. The highest BCUT2D eigenvalue weighted by Crippen LogP contribution is 2.29. The van der Waals surface area contributed by atoms with Crippen molar-refractivity contribution >= 4 is 17.2 Å². The molecular weight excluding hydrogens is 396 g/mol. The minimum atomic E-state index is 0.0473. The number of hydrogen-bond donors (Lipinski definition) is 0. The summed E-state index contributed by atoms with van der Waals surface area (Å²) < 4.78 is 5.53. The standard InChI is InChI=1S/C23H26N4O2S/c1-15(2)27-13-20-19(23(27)28)10-17(21(25-20)29-4)11-26(3)12-18-14-30-22(24-18)16-8-6-5-7-9-16/h5-10,14-15H,11-13H2,1-4H3. The van der Waals surface area contributed by atoms with Gasteiger partial charge in [0.05, 0.1) is 30.6 Å². The molecule has 2 aromatic heterocycles. The number of carbonyl (C=O) groups is 1. The maximum Gasteiger partial charge on any atom is 0.256 e. The van der Waals surface area contributed by atoms with Gasteiger partial charge >= 0.3 is 0 Å². The molecule has 3 aromatic rings. The number of aromatic nitrogens is 2. The van der Waals surface area contributed by atoms with Crippen LogP contribution < -0.4 is 4.74 Å². The van der Waals surface area contributed by atoms with E-state index < -0.39 is 0 Å². The summed E-state index contributed by atoms with van der Waals surface area (Å²) in [6, 6.07) is 12.3. The summed E-state index contributed by atoms with van der Waals surface area (Å²) in [5.74, 6) is 0.633. The Balaban J connectivity index is 1.49. The third-order valence-corrected chi connectivity index (χ3v) is 6.15. The normalized spacial score (nSPS) is 13.4.